The Morgan fingerprint density at radius 2 is 2.11 bits per heavy atom. The zero-order valence-corrected chi connectivity index (χ0v) is 10.4. The van der Waals surface area contributed by atoms with Crippen LogP contribution < -0.4 is 5.56 Å². The van der Waals surface area contributed by atoms with Gasteiger partial charge in [0, 0.05) is 11.1 Å². The minimum absolute atomic E-state index is 0.0425. The third-order valence-electron chi connectivity index (χ3n) is 3.10. The Morgan fingerprint density at radius 3 is 2.78 bits per heavy atom. The lowest BCUT2D eigenvalue weighted by molar-refractivity contribution is -0.137. The van der Waals surface area contributed by atoms with Crippen LogP contribution in [0.25, 0.3) is 10.9 Å². The maximum absolute atomic E-state index is 11.5. The van der Waals surface area contributed by atoms with E-state index in [0.29, 0.717) is 5.56 Å². The normalized spacial score (nSPS) is 12.6. The molecule has 2 rings (SSSR count). The van der Waals surface area contributed by atoms with Crippen LogP contribution in [0.1, 0.15) is 30.4 Å². The van der Waals surface area contributed by atoms with Crippen molar-refractivity contribution in [2.45, 2.75) is 26.2 Å². The number of carboxylic acid groups (broad SMARTS) is 1. The van der Waals surface area contributed by atoms with Gasteiger partial charge in [0.1, 0.15) is 0 Å². The predicted octanol–water partition coefficient (Wildman–Crippen LogP) is 2.41. The van der Waals surface area contributed by atoms with E-state index in [1.54, 1.807) is 6.92 Å². The van der Waals surface area contributed by atoms with E-state index < -0.39 is 5.97 Å². The van der Waals surface area contributed by atoms with E-state index in [4.69, 9.17) is 5.11 Å². The van der Waals surface area contributed by atoms with Gasteiger partial charge in [-0.25, -0.2) is 0 Å². The molecule has 4 nitrogen and oxygen atoms in total. The molecular weight excluding hydrogens is 230 g/mol. The fraction of sp³-hybridized carbons (Fsp3) is 0.286. The van der Waals surface area contributed by atoms with Crippen LogP contribution in [0.2, 0.25) is 0 Å². The molecule has 94 valence electrons. The van der Waals surface area contributed by atoms with E-state index in [-0.39, 0.29) is 17.9 Å². The zero-order chi connectivity index (χ0) is 13.3. The van der Waals surface area contributed by atoms with Gasteiger partial charge < -0.3 is 10.1 Å². The minimum atomic E-state index is -0.805. The molecule has 0 spiro atoms. The van der Waals surface area contributed by atoms with Crippen LogP contribution in [-0.4, -0.2) is 16.1 Å². The Hall–Kier alpha value is -2.10. The first kappa shape index (κ1) is 12.4. The molecular formula is C14H15NO3. The van der Waals surface area contributed by atoms with Gasteiger partial charge in [0.05, 0.1) is 6.42 Å². The molecule has 0 amide bonds. The molecule has 1 atom stereocenters. The molecule has 0 radical (unpaired) electrons. The number of carboxylic acids is 1. The first-order valence-corrected chi connectivity index (χ1v) is 5.83. The topological polar surface area (TPSA) is 70.2 Å². The largest absolute Gasteiger partial charge is 0.481 e. The maximum atomic E-state index is 11.5. The number of benzene rings is 1. The van der Waals surface area contributed by atoms with E-state index >= 15 is 0 Å². The van der Waals surface area contributed by atoms with E-state index in [1.165, 1.54) is 0 Å². The van der Waals surface area contributed by atoms with Crippen molar-refractivity contribution < 1.29 is 9.90 Å². The van der Waals surface area contributed by atoms with Crippen molar-refractivity contribution in [1.82, 2.24) is 4.98 Å². The van der Waals surface area contributed by atoms with Gasteiger partial charge in [-0.05, 0) is 42.0 Å². The maximum Gasteiger partial charge on any atom is 0.303 e. The second-order valence-corrected chi connectivity index (χ2v) is 4.63. The molecule has 2 N–H and O–H groups in total. The summed E-state index contributed by atoms with van der Waals surface area (Å²) in [4.78, 5) is 25.0. The van der Waals surface area contributed by atoms with Crippen molar-refractivity contribution >= 4 is 16.9 Å². The van der Waals surface area contributed by atoms with E-state index in [0.717, 1.165) is 16.5 Å². The van der Waals surface area contributed by atoms with Crippen molar-refractivity contribution in [3.8, 4) is 0 Å². The molecule has 1 unspecified atom stereocenters. The van der Waals surface area contributed by atoms with Crippen LogP contribution >= 0.6 is 0 Å². The number of aromatic nitrogens is 1. The molecule has 0 aliphatic carbocycles. The Bertz CT molecular complexity index is 658. The van der Waals surface area contributed by atoms with E-state index in [1.807, 2.05) is 31.2 Å². The molecule has 1 heterocycles. The third-order valence-corrected chi connectivity index (χ3v) is 3.10. The Labute approximate surface area is 104 Å². The summed E-state index contributed by atoms with van der Waals surface area (Å²) >= 11 is 0. The van der Waals surface area contributed by atoms with Gasteiger partial charge in [-0.2, -0.15) is 0 Å². The second-order valence-electron chi connectivity index (χ2n) is 4.63. The average molecular weight is 245 g/mol. The predicted molar refractivity (Wildman–Crippen MR) is 70.0 cm³/mol. The van der Waals surface area contributed by atoms with E-state index in [2.05, 4.69) is 4.98 Å². The van der Waals surface area contributed by atoms with Crippen molar-refractivity contribution in [3.63, 3.8) is 0 Å². The van der Waals surface area contributed by atoms with Crippen molar-refractivity contribution in [2.75, 3.05) is 0 Å². The summed E-state index contributed by atoms with van der Waals surface area (Å²) in [7, 11) is 0. The van der Waals surface area contributed by atoms with Gasteiger partial charge in [0.15, 0.2) is 0 Å². The highest BCUT2D eigenvalue weighted by Gasteiger charge is 2.10. The molecule has 18 heavy (non-hydrogen) atoms. The quantitative estimate of drug-likeness (QED) is 0.872. The molecule has 1 aromatic carbocycles. The van der Waals surface area contributed by atoms with Gasteiger partial charge in [-0.1, -0.05) is 13.0 Å². The van der Waals surface area contributed by atoms with Crippen molar-refractivity contribution in [3.05, 3.63) is 45.7 Å². The van der Waals surface area contributed by atoms with Gasteiger partial charge in [0.25, 0.3) is 5.56 Å². The monoisotopic (exact) mass is 245 g/mol. The van der Waals surface area contributed by atoms with Gasteiger partial charge in [-0.3, -0.25) is 9.59 Å². The molecule has 4 heteroatoms. The molecule has 0 aliphatic heterocycles. The number of aromatic amines is 1. The number of pyridine rings is 1. The smallest absolute Gasteiger partial charge is 0.303 e. The molecule has 0 aliphatic rings. The summed E-state index contributed by atoms with van der Waals surface area (Å²) < 4.78 is 0. The van der Waals surface area contributed by atoms with Crippen molar-refractivity contribution in [2.24, 2.45) is 0 Å². The third kappa shape index (κ3) is 2.42. The summed E-state index contributed by atoms with van der Waals surface area (Å²) in [6.45, 7) is 3.64. The lowest BCUT2D eigenvalue weighted by Crippen LogP contribution is -2.09. The molecule has 0 fully saturated rings. The number of fused-ring (bicyclic) bond motifs is 1. The van der Waals surface area contributed by atoms with Crippen LogP contribution in [0, 0.1) is 6.92 Å². The summed E-state index contributed by atoms with van der Waals surface area (Å²) in [6.07, 6.45) is 0.105. The number of aryl methyl sites for hydroxylation is 1. The highest BCUT2D eigenvalue weighted by atomic mass is 16.4. The van der Waals surface area contributed by atoms with Crippen LogP contribution in [0.4, 0.5) is 0 Å². The highest BCUT2D eigenvalue weighted by molar-refractivity contribution is 5.80. The minimum Gasteiger partial charge on any atom is -0.481 e. The zero-order valence-electron chi connectivity index (χ0n) is 10.4. The number of aliphatic carboxylic acids is 1. The number of hydrogen-bond donors (Lipinski definition) is 2. The highest BCUT2D eigenvalue weighted by Crippen LogP contribution is 2.22. The molecule has 2 aromatic rings. The molecule has 1 aromatic heterocycles. The van der Waals surface area contributed by atoms with E-state index in [9.17, 15) is 9.59 Å². The number of hydrogen-bond acceptors (Lipinski definition) is 2. The first-order chi connectivity index (χ1) is 8.47. The Kier molecular flexibility index (Phi) is 3.19. The number of rotatable bonds is 3. The van der Waals surface area contributed by atoms with Gasteiger partial charge in [-0.15, -0.1) is 0 Å². The summed E-state index contributed by atoms with van der Waals surface area (Å²) in [5.41, 5.74) is 2.31. The molecule has 0 bridgehead atoms. The number of nitrogens with one attached hydrogen (secondary N) is 1. The number of carbonyl (C=O) groups is 1. The standard InChI is InChI=1S/C14H15NO3/c1-8(6-13(16)17)10-3-4-12-11(7-10)5-9(2)14(18)15-12/h3-5,7-8H,6H2,1-2H3,(H,15,18)(H,16,17). The fourth-order valence-electron chi connectivity index (χ4n) is 2.02. The lowest BCUT2D eigenvalue weighted by Gasteiger charge is -2.10. The van der Waals surface area contributed by atoms with Crippen LogP contribution in [-0.2, 0) is 4.79 Å². The summed E-state index contributed by atoms with van der Waals surface area (Å²) in [5.74, 6) is -0.848. The second kappa shape index (κ2) is 4.64. The summed E-state index contributed by atoms with van der Waals surface area (Å²) in [6, 6.07) is 7.45. The lowest BCUT2D eigenvalue weighted by atomic mass is 9.96. The molecule has 0 saturated carbocycles. The molecule has 0 saturated heterocycles. The fourth-order valence-corrected chi connectivity index (χ4v) is 2.02. The van der Waals surface area contributed by atoms with Crippen LogP contribution in [0.15, 0.2) is 29.1 Å². The summed E-state index contributed by atoms with van der Waals surface area (Å²) in [5, 5.41) is 9.72. The average Bonchev–Trinajstić information content (AvgIpc) is 2.29. The Balaban J connectivity index is 2.47. The first-order valence-electron chi connectivity index (χ1n) is 5.83. The van der Waals surface area contributed by atoms with Gasteiger partial charge >= 0.3 is 5.97 Å². The van der Waals surface area contributed by atoms with Crippen LogP contribution in [0.3, 0.4) is 0 Å². The van der Waals surface area contributed by atoms with Crippen LogP contribution in [0.5, 0.6) is 0 Å². The number of H-pyrrole nitrogens is 1. The Morgan fingerprint density at radius 1 is 1.39 bits per heavy atom. The SMILES string of the molecule is Cc1cc2cc(C(C)CC(=O)O)ccc2[nH]c1=O. The van der Waals surface area contributed by atoms with Crippen molar-refractivity contribution in [1.29, 1.82) is 0 Å². The van der Waals surface area contributed by atoms with Gasteiger partial charge in [0.2, 0.25) is 0 Å².